The van der Waals surface area contributed by atoms with E-state index in [0.29, 0.717) is 5.69 Å². The Balaban J connectivity index is 1.99. The molecule has 0 bridgehead atoms. The van der Waals surface area contributed by atoms with E-state index in [1.807, 2.05) is 0 Å². The molecule has 2 atom stereocenters. The minimum absolute atomic E-state index is 0.277. The van der Waals surface area contributed by atoms with Gasteiger partial charge in [-0.3, -0.25) is 0 Å². The van der Waals surface area contributed by atoms with Gasteiger partial charge in [-0.15, -0.1) is 0 Å². The fourth-order valence-electron chi connectivity index (χ4n) is 1.76. The van der Waals surface area contributed by atoms with Gasteiger partial charge in [-0.1, -0.05) is 5.16 Å². The highest BCUT2D eigenvalue weighted by molar-refractivity contribution is 5.02. The molecule has 1 aromatic rings. The molecule has 0 spiro atoms. The Hall–Kier alpha value is -0.870. The van der Waals surface area contributed by atoms with Gasteiger partial charge in [-0.2, -0.15) is 0 Å². The highest BCUT2D eigenvalue weighted by Gasteiger charge is 2.24. The lowest BCUT2D eigenvalue weighted by atomic mass is 9.92. The van der Waals surface area contributed by atoms with Crippen molar-refractivity contribution in [2.24, 2.45) is 5.92 Å². The van der Waals surface area contributed by atoms with Crippen LogP contribution in [0.3, 0.4) is 0 Å². The van der Waals surface area contributed by atoms with Crippen LogP contribution in [-0.4, -0.2) is 23.4 Å². The van der Waals surface area contributed by atoms with E-state index in [4.69, 9.17) is 4.52 Å². The molecule has 1 aliphatic rings. The Morgan fingerprint density at radius 2 is 2.62 bits per heavy atom. The van der Waals surface area contributed by atoms with Crippen LogP contribution in [0.5, 0.6) is 0 Å². The number of hydrogen-bond donors (Lipinski definition) is 2. The molecular weight excluding hydrogens is 168 g/mol. The molecule has 4 nitrogen and oxygen atoms in total. The maximum absolute atomic E-state index is 9.87. The lowest BCUT2D eigenvalue weighted by Crippen LogP contribution is -2.33. The largest absolute Gasteiger partial charge is 0.386 e. The molecule has 4 heteroatoms. The second-order valence-electron chi connectivity index (χ2n) is 3.48. The zero-order valence-electron chi connectivity index (χ0n) is 7.44. The first-order chi connectivity index (χ1) is 6.38. The summed E-state index contributed by atoms with van der Waals surface area (Å²) in [6.45, 7) is 1.93. The van der Waals surface area contributed by atoms with Crippen LogP contribution in [0, 0.1) is 5.92 Å². The zero-order chi connectivity index (χ0) is 9.10. The molecule has 13 heavy (non-hydrogen) atoms. The summed E-state index contributed by atoms with van der Waals surface area (Å²) in [6.07, 6.45) is 3.20. The van der Waals surface area contributed by atoms with Gasteiger partial charge in [-0.25, -0.2) is 0 Å². The Morgan fingerprint density at radius 1 is 1.69 bits per heavy atom. The van der Waals surface area contributed by atoms with Crippen molar-refractivity contribution in [2.75, 3.05) is 13.1 Å². The topological polar surface area (TPSA) is 58.3 Å². The third-order valence-corrected chi connectivity index (χ3v) is 2.54. The predicted octanol–water partition coefficient (Wildman–Crippen LogP) is 0.708. The van der Waals surface area contributed by atoms with Gasteiger partial charge in [-0.05, 0) is 19.4 Å². The van der Waals surface area contributed by atoms with Crippen molar-refractivity contribution in [3.05, 3.63) is 18.0 Å². The van der Waals surface area contributed by atoms with Crippen molar-refractivity contribution in [3.63, 3.8) is 0 Å². The van der Waals surface area contributed by atoms with Gasteiger partial charge in [0.15, 0.2) is 0 Å². The van der Waals surface area contributed by atoms with Crippen LogP contribution < -0.4 is 5.32 Å². The Kier molecular flexibility index (Phi) is 2.61. The van der Waals surface area contributed by atoms with Crippen LogP contribution in [0.2, 0.25) is 0 Å². The first kappa shape index (κ1) is 8.72. The van der Waals surface area contributed by atoms with E-state index >= 15 is 0 Å². The number of piperidine rings is 1. The molecule has 0 amide bonds. The molecule has 2 unspecified atom stereocenters. The van der Waals surface area contributed by atoms with E-state index < -0.39 is 6.10 Å². The number of aromatic nitrogens is 1. The quantitative estimate of drug-likeness (QED) is 0.707. The normalized spacial score (nSPS) is 25.8. The lowest BCUT2D eigenvalue weighted by molar-refractivity contribution is 0.0852. The van der Waals surface area contributed by atoms with Crippen molar-refractivity contribution >= 4 is 0 Å². The number of hydrogen-bond acceptors (Lipinski definition) is 4. The van der Waals surface area contributed by atoms with Gasteiger partial charge >= 0.3 is 0 Å². The summed E-state index contributed by atoms with van der Waals surface area (Å²) in [5.41, 5.74) is 0.647. The van der Waals surface area contributed by atoms with Gasteiger partial charge in [0.25, 0.3) is 0 Å². The smallest absolute Gasteiger partial charge is 0.124 e. The average molecular weight is 182 g/mol. The molecule has 1 fully saturated rings. The van der Waals surface area contributed by atoms with Crippen LogP contribution in [-0.2, 0) is 0 Å². The Labute approximate surface area is 76.9 Å². The Morgan fingerprint density at radius 3 is 3.23 bits per heavy atom. The van der Waals surface area contributed by atoms with E-state index in [9.17, 15) is 5.11 Å². The zero-order valence-corrected chi connectivity index (χ0v) is 7.44. The summed E-state index contributed by atoms with van der Waals surface area (Å²) < 4.78 is 4.70. The van der Waals surface area contributed by atoms with Crippen molar-refractivity contribution in [1.82, 2.24) is 10.5 Å². The third-order valence-electron chi connectivity index (χ3n) is 2.54. The number of nitrogens with one attached hydrogen (secondary N) is 1. The van der Waals surface area contributed by atoms with Gasteiger partial charge in [0.2, 0.25) is 0 Å². The van der Waals surface area contributed by atoms with Crippen molar-refractivity contribution in [2.45, 2.75) is 18.9 Å². The molecule has 1 aromatic heterocycles. The van der Waals surface area contributed by atoms with Crippen LogP contribution >= 0.6 is 0 Å². The minimum Gasteiger partial charge on any atom is -0.386 e. The first-order valence-electron chi connectivity index (χ1n) is 4.67. The van der Waals surface area contributed by atoms with Gasteiger partial charge in [0.05, 0.1) is 0 Å². The van der Waals surface area contributed by atoms with Gasteiger partial charge in [0, 0.05) is 18.5 Å². The van der Waals surface area contributed by atoms with Crippen LogP contribution in [0.25, 0.3) is 0 Å². The summed E-state index contributed by atoms with van der Waals surface area (Å²) >= 11 is 0. The number of aliphatic hydroxyl groups excluding tert-OH is 1. The number of nitrogens with zero attached hydrogens (tertiary/aromatic N) is 1. The molecule has 1 saturated heterocycles. The minimum atomic E-state index is -0.480. The van der Waals surface area contributed by atoms with E-state index in [-0.39, 0.29) is 5.92 Å². The second-order valence-corrected chi connectivity index (χ2v) is 3.48. The summed E-state index contributed by atoms with van der Waals surface area (Å²) in [6, 6.07) is 1.72. The summed E-state index contributed by atoms with van der Waals surface area (Å²) in [5, 5.41) is 16.9. The van der Waals surface area contributed by atoms with E-state index in [1.54, 1.807) is 6.07 Å². The lowest BCUT2D eigenvalue weighted by Gasteiger charge is -2.25. The SMILES string of the molecule is OC(c1ccon1)C1CCCNC1. The number of rotatable bonds is 2. The highest BCUT2D eigenvalue weighted by atomic mass is 16.5. The molecule has 0 radical (unpaired) electrons. The third kappa shape index (κ3) is 1.89. The van der Waals surface area contributed by atoms with E-state index in [0.717, 1.165) is 25.9 Å². The standard InChI is InChI=1S/C9H14N2O2/c12-9(8-3-5-13-11-8)7-2-1-4-10-6-7/h3,5,7,9-10,12H,1-2,4,6H2. The average Bonchev–Trinajstić information content (AvgIpc) is 2.71. The van der Waals surface area contributed by atoms with Crippen molar-refractivity contribution in [3.8, 4) is 0 Å². The summed E-state index contributed by atoms with van der Waals surface area (Å²) in [7, 11) is 0. The van der Waals surface area contributed by atoms with Crippen molar-refractivity contribution in [1.29, 1.82) is 0 Å². The van der Waals surface area contributed by atoms with Crippen LogP contribution in [0.4, 0.5) is 0 Å². The van der Waals surface area contributed by atoms with E-state index in [2.05, 4.69) is 10.5 Å². The molecule has 0 saturated carbocycles. The van der Waals surface area contributed by atoms with Crippen molar-refractivity contribution < 1.29 is 9.63 Å². The fourth-order valence-corrected chi connectivity index (χ4v) is 1.76. The maximum atomic E-state index is 9.87. The highest BCUT2D eigenvalue weighted by Crippen LogP contribution is 2.25. The molecule has 0 aromatic carbocycles. The molecule has 1 aliphatic heterocycles. The first-order valence-corrected chi connectivity index (χ1v) is 4.67. The Bertz CT molecular complexity index is 242. The molecule has 2 N–H and O–H groups in total. The molecular formula is C9H14N2O2. The molecule has 72 valence electrons. The monoisotopic (exact) mass is 182 g/mol. The summed E-state index contributed by atoms with van der Waals surface area (Å²) in [4.78, 5) is 0. The molecule has 2 heterocycles. The maximum Gasteiger partial charge on any atom is 0.124 e. The van der Waals surface area contributed by atoms with E-state index in [1.165, 1.54) is 6.26 Å². The van der Waals surface area contributed by atoms with Crippen LogP contribution in [0.15, 0.2) is 16.9 Å². The van der Waals surface area contributed by atoms with Gasteiger partial charge < -0.3 is 14.9 Å². The summed E-state index contributed by atoms with van der Waals surface area (Å²) in [5.74, 6) is 0.277. The number of aliphatic hydroxyl groups is 1. The fraction of sp³-hybridized carbons (Fsp3) is 0.667. The van der Waals surface area contributed by atoms with Crippen LogP contribution in [0.1, 0.15) is 24.6 Å². The second kappa shape index (κ2) is 3.89. The molecule has 2 rings (SSSR count). The predicted molar refractivity (Wildman–Crippen MR) is 47.1 cm³/mol. The molecule has 0 aliphatic carbocycles. The van der Waals surface area contributed by atoms with Gasteiger partial charge in [0.1, 0.15) is 18.1 Å².